The summed E-state index contributed by atoms with van der Waals surface area (Å²) in [6.07, 6.45) is 0. The van der Waals surface area contributed by atoms with Crippen LogP contribution in [-0.2, 0) is 0 Å². The van der Waals surface area contributed by atoms with Crippen molar-refractivity contribution in [3.8, 4) is 5.75 Å². The van der Waals surface area contributed by atoms with Crippen LogP contribution in [0.2, 0.25) is 0 Å². The van der Waals surface area contributed by atoms with Crippen LogP contribution >= 0.6 is 0 Å². The van der Waals surface area contributed by atoms with Crippen LogP contribution < -0.4 is 10.2 Å². The van der Waals surface area contributed by atoms with Gasteiger partial charge < -0.3 is 4.74 Å². The number of hydrogen-bond acceptors (Lipinski definition) is 2. The molecule has 14 heavy (non-hydrogen) atoms. The fraction of sp³-hybridized carbons (Fsp3) is 0.182. The molecular formula is C11H12BNO. The molecule has 1 aromatic carbocycles. The fourth-order valence-corrected chi connectivity index (χ4v) is 1.65. The zero-order valence-electron chi connectivity index (χ0n) is 8.66. The number of methoxy groups -OCH3 is 1. The minimum atomic E-state index is 0.920. The minimum absolute atomic E-state index is 0.920. The van der Waals surface area contributed by atoms with Gasteiger partial charge >= 0.3 is 0 Å². The van der Waals surface area contributed by atoms with Crippen LogP contribution in [0, 0.1) is 6.92 Å². The summed E-state index contributed by atoms with van der Waals surface area (Å²) in [6.45, 7) is 2.00. The van der Waals surface area contributed by atoms with Crippen molar-refractivity contribution in [3.05, 3.63) is 30.0 Å². The molecule has 0 aliphatic carbocycles. The standard InChI is InChI=1S/C11H12BNO/c1-7-3-4-8-9(13-7)5-6-10(14-2)11(8)12/h3-6H,12H2,1-2H3. The number of hydrogen-bond donors (Lipinski definition) is 0. The molecule has 2 nitrogen and oxygen atoms in total. The molecule has 2 rings (SSSR count). The summed E-state index contributed by atoms with van der Waals surface area (Å²) in [4.78, 5) is 4.46. The summed E-state index contributed by atoms with van der Waals surface area (Å²) in [7, 11) is 3.74. The summed E-state index contributed by atoms with van der Waals surface area (Å²) in [5.41, 5.74) is 3.22. The van der Waals surface area contributed by atoms with E-state index in [-0.39, 0.29) is 0 Å². The first kappa shape index (κ1) is 9.07. The van der Waals surface area contributed by atoms with Crippen molar-refractivity contribution >= 4 is 24.2 Å². The van der Waals surface area contributed by atoms with E-state index in [9.17, 15) is 0 Å². The van der Waals surface area contributed by atoms with E-state index < -0.39 is 0 Å². The first-order valence-electron chi connectivity index (χ1n) is 4.63. The second kappa shape index (κ2) is 3.33. The highest BCUT2D eigenvalue weighted by atomic mass is 16.5. The Labute approximate surface area is 84.3 Å². The number of benzene rings is 1. The maximum absolute atomic E-state index is 5.26. The molecule has 0 N–H and O–H groups in total. The lowest BCUT2D eigenvalue weighted by Crippen LogP contribution is -2.09. The van der Waals surface area contributed by atoms with Crippen molar-refractivity contribution in [1.29, 1.82) is 0 Å². The molecule has 2 aromatic rings. The van der Waals surface area contributed by atoms with E-state index >= 15 is 0 Å². The van der Waals surface area contributed by atoms with Crippen LogP contribution in [0.3, 0.4) is 0 Å². The van der Waals surface area contributed by atoms with Gasteiger partial charge in [-0.15, -0.1) is 0 Å². The lowest BCUT2D eigenvalue weighted by molar-refractivity contribution is 0.418. The molecule has 3 heteroatoms. The Hall–Kier alpha value is -1.51. The number of ether oxygens (including phenoxy) is 1. The van der Waals surface area contributed by atoms with Gasteiger partial charge in [0.1, 0.15) is 13.6 Å². The Balaban J connectivity index is 2.77. The van der Waals surface area contributed by atoms with Gasteiger partial charge in [0, 0.05) is 5.69 Å². The minimum Gasteiger partial charge on any atom is -0.497 e. The molecule has 70 valence electrons. The number of rotatable bonds is 1. The molecule has 0 aliphatic heterocycles. The SMILES string of the molecule is Bc1c(OC)ccc2nc(C)ccc12. The van der Waals surface area contributed by atoms with E-state index in [0.29, 0.717) is 0 Å². The first-order chi connectivity index (χ1) is 6.72. The van der Waals surface area contributed by atoms with Crippen molar-refractivity contribution in [2.45, 2.75) is 6.92 Å². The number of aromatic nitrogens is 1. The zero-order valence-corrected chi connectivity index (χ0v) is 8.66. The fourth-order valence-electron chi connectivity index (χ4n) is 1.65. The highest BCUT2D eigenvalue weighted by Crippen LogP contribution is 2.15. The highest BCUT2D eigenvalue weighted by molar-refractivity contribution is 6.40. The van der Waals surface area contributed by atoms with Crippen LogP contribution in [0.4, 0.5) is 0 Å². The van der Waals surface area contributed by atoms with E-state index in [1.165, 1.54) is 0 Å². The first-order valence-corrected chi connectivity index (χ1v) is 4.63. The molecule has 0 unspecified atom stereocenters. The summed E-state index contributed by atoms with van der Waals surface area (Å²) < 4.78 is 5.26. The molecule has 0 bridgehead atoms. The summed E-state index contributed by atoms with van der Waals surface area (Å²) in [5.74, 6) is 0.920. The average Bonchev–Trinajstić information content (AvgIpc) is 2.18. The summed E-state index contributed by atoms with van der Waals surface area (Å²) in [6, 6.07) is 8.07. The largest absolute Gasteiger partial charge is 0.497 e. The van der Waals surface area contributed by atoms with Gasteiger partial charge in [0.25, 0.3) is 0 Å². The molecule has 0 amide bonds. The maximum atomic E-state index is 5.26. The Bertz CT molecular complexity index is 482. The van der Waals surface area contributed by atoms with Gasteiger partial charge in [0.2, 0.25) is 0 Å². The molecular weight excluding hydrogens is 173 g/mol. The molecule has 1 aromatic heterocycles. The van der Waals surface area contributed by atoms with Gasteiger partial charge in [-0.1, -0.05) is 6.07 Å². The van der Waals surface area contributed by atoms with Crippen LogP contribution in [0.25, 0.3) is 10.9 Å². The third-order valence-electron chi connectivity index (χ3n) is 2.45. The van der Waals surface area contributed by atoms with Gasteiger partial charge in [-0.2, -0.15) is 0 Å². The van der Waals surface area contributed by atoms with Gasteiger partial charge in [0.05, 0.1) is 12.6 Å². The normalized spacial score (nSPS) is 10.4. The predicted octanol–water partition coefficient (Wildman–Crippen LogP) is 0.810. The van der Waals surface area contributed by atoms with Crippen LogP contribution in [-0.4, -0.2) is 19.9 Å². The van der Waals surface area contributed by atoms with Gasteiger partial charge in [-0.05, 0) is 36.0 Å². The molecule has 0 radical (unpaired) electrons. The van der Waals surface area contributed by atoms with E-state index in [1.807, 2.05) is 25.1 Å². The molecule has 0 atom stereocenters. The number of nitrogens with zero attached hydrogens (tertiary/aromatic N) is 1. The van der Waals surface area contributed by atoms with Crippen LogP contribution in [0.1, 0.15) is 5.69 Å². The van der Waals surface area contributed by atoms with Gasteiger partial charge in [-0.25, -0.2) is 0 Å². The monoisotopic (exact) mass is 185 g/mol. The molecule has 0 saturated heterocycles. The number of pyridine rings is 1. The third-order valence-corrected chi connectivity index (χ3v) is 2.45. The molecule has 0 spiro atoms. The lowest BCUT2D eigenvalue weighted by Gasteiger charge is -2.07. The topological polar surface area (TPSA) is 22.1 Å². The molecule has 0 aliphatic rings. The molecule has 1 heterocycles. The number of fused-ring (bicyclic) bond motifs is 1. The van der Waals surface area contributed by atoms with Crippen molar-refractivity contribution in [2.75, 3.05) is 7.11 Å². The third kappa shape index (κ3) is 1.35. The second-order valence-corrected chi connectivity index (χ2v) is 3.41. The molecule has 0 fully saturated rings. The zero-order chi connectivity index (χ0) is 10.1. The van der Waals surface area contributed by atoms with E-state index in [4.69, 9.17) is 4.74 Å². The quantitative estimate of drug-likeness (QED) is 0.613. The summed E-state index contributed by atoms with van der Waals surface area (Å²) >= 11 is 0. The summed E-state index contributed by atoms with van der Waals surface area (Å²) in [5, 5.41) is 1.16. The van der Waals surface area contributed by atoms with Crippen LogP contribution in [0.15, 0.2) is 24.3 Å². The Morgan fingerprint density at radius 2 is 2.00 bits per heavy atom. The van der Waals surface area contributed by atoms with Gasteiger partial charge in [0.15, 0.2) is 0 Å². The van der Waals surface area contributed by atoms with Crippen molar-refractivity contribution in [3.63, 3.8) is 0 Å². The highest BCUT2D eigenvalue weighted by Gasteiger charge is 2.03. The second-order valence-electron chi connectivity index (χ2n) is 3.41. The smallest absolute Gasteiger partial charge is 0.145 e. The predicted molar refractivity (Wildman–Crippen MR) is 61.2 cm³/mol. The maximum Gasteiger partial charge on any atom is 0.145 e. The van der Waals surface area contributed by atoms with Crippen molar-refractivity contribution in [1.82, 2.24) is 4.98 Å². The van der Waals surface area contributed by atoms with Crippen molar-refractivity contribution in [2.24, 2.45) is 0 Å². The van der Waals surface area contributed by atoms with Crippen molar-refractivity contribution < 1.29 is 4.74 Å². The Kier molecular flexibility index (Phi) is 2.16. The van der Waals surface area contributed by atoms with Gasteiger partial charge in [-0.3, -0.25) is 4.98 Å². The van der Waals surface area contributed by atoms with E-state index in [1.54, 1.807) is 7.11 Å². The van der Waals surface area contributed by atoms with E-state index in [2.05, 4.69) is 18.9 Å². The van der Waals surface area contributed by atoms with E-state index in [0.717, 1.165) is 27.8 Å². The Morgan fingerprint density at radius 3 is 2.71 bits per heavy atom. The molecule has 0 saturated carbocycles. The number of aryl methyl sites for hydroxylation is 1. The lowest BCUT2D eigenvalue weighted by atomic mass is 9.90. The van der Waals surface area contributed by atoms with Crippen LogP contribution in [0.5, 0.6) is 5.75 Å². The average molecular weight is 185 g/mol. The Morgan fingerprint density at radius 1 is 1.21 bits per heavy atom.